The number of hydrogen-bond acceptors (Lipinski definition) is 4. The van der Waals surface area contributed by atoms with Crippen LogP contribution in [0.3, 0.4) is 0 Å². The Morgan fingerprint density at radius 2 is 1.88 bits per heavy atom. The maximum Gasteiger partial charge on any atom is 0.303 e. The summed E-state index contributed by atoms with van der Waals surface area (Å²) in [5.41, 5.74) is 1.80. The maximum absolute atomic E-state index is 13.2. The first-order chi connectivity index (χ1) is 15.8. The molecule has 0 bridgehead atoms. The van der Waals surface area contributed by atoms with E-state index in [1.807, 2.05) is 37.4 Å². The second-order valence-corrected chi connectivity index (χ2v) is 9.19. The molecule has 1 fully saturated rings. The molecule has 0 saturated carbocycles. The number of carbonyl (C=O) groups is 2. The number of benzene rings is 2. The average molecular weight is 493 g/mol. The third-order valence-corrected chi connectivity index (χ3v) is 6.62. The van der Waals surface area contributed by atoms with Crippen LogP contribution in [0.4, 0.5) is 0 Å². The summed E-state index contributed by atoms with van der Waals surface area (Å²) in [6, 6.07) is 12.8. The molecule has 8 heteroatoms. The fourth-order valence-corrected chi connectivity index (χ4v) is 4.33. The zero-order valence-electron chi connectivity index (χ0n) is 18.8. The van der Waals surface area contributed by atoms with E-state index < -0.39 is 5.97 Å². The number of rotatable bonds is 11. The molecule has 0 unspecified atom stereocenters. The van der Waals surface area contributed by atoms with Crippen LogP contribution in [0.1, 0.15) is 42.9 Å². The van der Waals surface area contributed by atoms with E-state index in [-0.39, 0.29) is 24.8 Å². The van der Waals surface area contributed by atoms with Gasteiger partial charge in [-0.15, -0.1) is 0 Å². The molecule has 0 spiro atoms. The summed E-state index contributed by atoms with van der Waals surface area (Å²) < 4.78 is 5.77. The van der Waals surface area contributed by atoms with Crippen LogP contribution < -0.4 is 4.74 Å². The zero-order chi connectivity index (χ0) is 23.8. The quantitative estimate of drug-likeness (QED) is 0.443. The minimum absolute atomic E-state index is 0.00892. The van der Waals surface area contributed by atoms with Crippen molar-refractivity contribution in [3.8, 4) is 5.75 Å². The maximum atomic E-state index is 13.2. The normalized spacial score (nSPS) is 14.8. The van der Waals surface area contributed by atoms with Crippen LogP contribution in [0.15, 0.2) is 42.5 Å². The van der Waals surface area contributed by atoms with Crippen LogP contribution in [-0.4, -0.2) is 60.1 Å². The number of likely N-dealkylation sites (tertiary alicyclic amines) is 1. The number of halogens is 2. The van der Waals surface area contributed by atoms with Crippen molar-refractivity contribution in [2.45, 2.75) is 38.1 Å². The lowest BCUT2D eigenvalue weighted by Gasteiger charge is -2.32. The van der Waals surface area contributed by atoms with E-state index in [0.717, 1.165) is 30.8 Å². The van der Waals surface area contributed by atoms with Gasteiger partial charge in [0.25, 0.3) is 0 Å². The average Bonchev–Trinajstić information content (AvgIpc) is 3.30. The van der Waals surface area contributed by atoms with Gasteiger partial charge in [0.15, 0.2) is 0 Å². The Morgan fingerprint density at radius 1 is 1.12 bits per heavy atom. The minimum atomic E-state index is -0.833. The van der Waals surface area contributed by atoms with Gasteiger partial charge in [-0.05, 0) is 67.7 Å². The minimum Gasteiger partial charge on any atom is -0.494 e. The van der Waals surface area contributed by atoms with Gasteiger partial charge in [0.1, 0.15) is 5.75 Å². The molecule has 1 aliphatic rings. The summed E-state index contributed by atoms with van der Waals surface area (Å²) in [6.07, 6.45) is 3.08. The summed E-state index contributed by atoms with van der Waals surface area (Å²) in [5.74, 6) is -0.167. The second kappa shape index (κ2) is 12.3. The van der Waals surface area contributed by atoms with E-state index in [1.165, 1.54) is 12.8 Å². The highest BCUT2D eigenvalue weighted by molar-refractivity contribution is 6.42. The van der Waals surface area contributed by atoms with Crippen LogP contribution in [0.2, 0.25) is 10.0 Å². The predicted molar refractivity (Wildman–Crippen MR) is 130 cm³/mol. The summed E-state index contributed by atoms with van der Waals surface area (Å²) in [6.45, 7) is 3.12. The van der Waals surface area contributed by atoms with Gasteiger partial charge in [0, 0.05) is 20.0 Å². The van der Waals surface area contributed by atoms with E-state index in [1.54, 1.807) is 17.0 Å². The molecule has 178 valence electrons. The molecule has 3 rings (SSSR count). The number of carboxylic acid groups (broad SMARTS) is 1. The van der Waals surface area contributed by atoms with Gasteiger partial charge in [0.2, 0.25) is 5.91 Å². The van der Waals surface area contributed by atoms with Gasteiger partial charge < -0.3 is 19.6 Å². The molecule has 1 saturated heterocycles. The van der Waals surface area contributed by atoms with Gasteiger partial charge in [-0.1, -0.05) is 41.4 Å². The Kier molecular flexibility index (Phi) is 9.41. The summed E-state index contributed by atoms with van der Waals surface area (Å²) in [5, 5.41) is 9.70. The van der Waals surface area contributed by atoms with Gasteiger partial charge in [-0.25, -0.2) is 0 Å². The first kappa shape index (κ1) is 25.3. The number of carbonyl (C=O) groups excluding carboxylic acids is 1. The smallest absolute Gasteiger partial charge is 0.303 e. The molecule has 0 radical (unpaired) electrons. The number of amides is 1. The third kappa shape index (κ3) is 7.63. The van der Waals surface area contributed by atoms with E-state index in [2.05, 4.69) is 4.90 Å². The number of nitrogens with zero attached hydrogens (tertiary/aromatic N) is 2. The molecule has 33 heavy (non-hydrogen) atoms. The van der Waals surface area contributed by atoms with Crippen LogP contribution in [0.25, 0.3) is 0 Å². The fraction of sp³-hybridized carbons (Fsp3) is 0.440. The number of aliphatic carboxylic acids is 1. The first-order valence-electron chi connectivity index (χ1n) is 11.2. The lowest BCUT2D eigenvalue weighted by Crippen LogP contribution is -2.39. The van der Waals surface area contributed by atoms with Crippen molar-refractivity contribution in [3.63, 3.8) is 0 Å². The van der Waals surface area contributed by atoms with E-state index in [4.69, 9.17) is 33.0 Å². The summed E-state index contributed by atoms with van der Waals surface area (Å²) in [4.78, 5) is 28.1. The van der Waals surface area contributed by atoms with E-state index in [9.17, 15) is 9.59 Å². The van der Waals surface area contributed by atoms with Crippen LogP contribution in [0, 0.1) is 0 Å². The van der Waals surface area contributed by atoms with Crippen molar-refractivity contribution in [1.29, 1.82) is 0 Å². The van der Waals surface area contributed by atoms with Crippen molar-refractivity contribution in [3.05, 3.63) is 63.6 Å². The van der Waals surface area contributed by atoms with Crippen LogP contribution in [-0.2, 0) is 16.0 Å². The molecule has 0 aromatic heterocycles. The Balaban J connectivity index is 1.74. The lowest BCUT2D eigenvalue weighted by atomic mass is 10.0. The SMILES string of the molecule is CN(C(=O)Cc1ccc(Cl)c(Cl)c1)[C@H](CN1CCCC1)c1cccc(OCCCC(=O)O)c1. The number of ether oxygens (including phenoxy) is 1. The fourth-order valence-electron chi connectivity index (χ4n) is 4.01. The molecular weight excluding hydrogens is 463 g/mol. The predicted octanol–water partition coefficient (Wildman–Crippen LogP) is 5.08. The standard InChI is InChI=1S/C25H30Cl2N2O4/c1-28(24(30)15-18-9-10-21(26)22(27)14-18)23(17-29-11-2-3-12-29)19-6-4-7-20(16-19)33-13-5-8-25(31)32/h4,6-7,9-10,14,16,23H,2-3,5,8,11-13,15,17H2,1H3,(H,31,32)/t23-/m1/s1. The lowest BCUT2D eigenvalue weighted by molar-refractivity contribution is -0.137. The molecular formula is C25H30Cl2N2O4. The van der Waals surface area contributed by atoms with Crippen molar-refractivity contribution in [2.24, 2.45) is 0 Å². The zero-order valence-corrected chi connectivity index (χ0v) is 20.3. The second-order valence-electron chi connectivity index (χ2n) is 8.37. The molecule has 1 N–H and O–H groups in total. The molecule has 2 aromatic carbocycles. The molecule has 2 aromatic rings. The highest BCUT2D eigenvalue weighted by Crippen LogP contribution is 2.28. The Hall–Kier alpha value is -2.28. The highest BCUT2D eigenvalue weighted by Gasteiger charge is 2.26. The molecule has 1 atom stereocenters. The van der Waals surface area contributed by atoms with Crippen molar-refractivity contribution < 1.29 is 19.4 Å². The third-order valence-electron chi connectivity index (χ3n) is 5.88. The van der Waals surface area contributed by atoms with Crippen molar-refractivity contribution >= 4 is 35.1 Å². The Bertz CT molecular complexity index is 963. The van der Waals surface area contributed by atoms with Gasteiger partial charge in [-0.3, -0.25) is 9.59 Å². The molecule has 6 nitrogen and oxygen atoms in total. The van der Waals surface area contributed by atoms with Gasteiger partial charge in [-0.2, -0.15) is 0 Å². The van der Waals surface area contributed by atoms with Crippen molar-refractivity contribution in [2.75, 3.05) is 33.3 Å². The van der Waals surface area contributed by atoms with Crippen LogP contribution >= 0.6 is 23.2 Å². The van der Waals surface area contributed by atoms with Crippen LogP contribution in [0.5, 0.6) is 5.75 Å². The number of likely N-dealkylation sites (N-methyl/N-ethyl adjacent to an activating group) is 1. The summed E-state index contributed by atoms with van der Waals surface area (Å²) >= 11 is 12.1. The Labute approximate surface area is 205 Å². The van der Waals surface area contributed by atoms with Gasteiger partial charge >= 0.3 is 5.97 Å². The monoisotopic (exact) mass is 492 g/mol. The molecule has 1 heterocycles. The van der Waals surface area contributed by atoms with Gasteiger partial charge in [0.05, 0.1) is 29.1 Å². The van der Waals surface area contributed by atoms with E-state index >= 15 is 0 Å². The molecule has 1 aliphatic heterocycles. The topological polar surface area (TPSA) is 70.1 Å². The van der Waals surface area contributed by atoms with E-state index in [0.29, 0.717) is 28.8 Å². The highest BCUT2D eigenvalue weighted by atomic mass is 35.5. The Morgan fingerprint density at radius 3 is 2.58 bits per heavy atom. The molecule has 1 amide bonds. The van der Waals surface area contributed by atoms with Crippen molar-refractivity contribution in [1.82, 2.24) is 9.80 Å². The summed E-state index contributed by atoms with van der Waals surface area (Å²) in [7, 11) is 1.83. The number of hydrogen-bond donors (Lipinski definition) is 1. The first-order valence-corrected chi connectivity index (χ1v) is 12.0. The molecule has 0 aliphatic carbocycles. The largest absolute Gasteiger partial charge is 0.494 e. The number of carboxylic acids is 1.